The number of anilines is 1. The van der Waals surface area contributed by atoms with Crippen LogP contribution in [-0.4, -0.2) is 80.5 Å². The number of benzene rings is 2. The van der Waals surface area contributed by atoms with Crippen LogP contribution in [0.4, 0.5) is 5.69 Å². The van der Waals surface area contributed by atoms with Crippen LogP contribution in [0, 0.1) is 6.92 Å². The number of nitrogens with one attached hydrogen (secondary N) is 1. The van der Waals surface area contributed by atoms with E-state index >= 15 is 0 Å². The summed E-state index contributed by atoms with van der Waals surface area (Å²) in [4.78, 5) is 52.9. The van der Waals surface area contributed by atoms with Gasteiger partial charge in [0.1, 0.15) is 0 Å². The van der Waals surface area contributed by atoms with Crippen molar-refractivity contribution in [1.29, 1.82) is 0 Å². The molecule has 1 heterocycles. The van der Waals surface area contributed by atoms with Gasteiger partial charge in [0.25, 0.3) is 0 Å². The lowest BCUT2D eigenvalue weighted by Crippen LogP contribution is -2.50. The number of ether oxygens (including phenoxy) is 2. The van der Waals surface area contributed by atoms with Gasteiger partial charge in [-0.05, 0) is 36.2 Å². The van der Waals surface area contributed by atoms with Crippen molar-refractivity contribution in [1.82, 2.24) is 9.80 Å². The molecule has 34 heavy (non-hydrogen) atoms. The number of esters is 2. The molecule has 9 heteroatoms. The first-order valence-electron chi connectivity index (χ1n) is 11.0. The SMILES string of the molecule is COC(=O)c1cc(NC(=O)CN2CCN(C(=O)Cc3ccccc3C)CC2)cc(C(=O)OC)c1. The Hall–Kier alpha value is -3.72. The van der Waals surface area contributed by atoms with Gasteiger partial charge in [-0.15, -0.1) is 0 Å². The van der Waals surface area contributed by atoms with Crippen molar-refractivity contribution in [2.75, 3.05) is 52.3 Å². The molecule has 2 aromatic rings. The molecule has 0 aliphatic carbocycles. The van der Waals surface area contributed by atoms with E-state index in [1.807, 2.05) is 41.0 Å². The second kappa shape index (κ2) is 11.4. The van der Waals surface area contributed by atoms with Crippen molar-refractivity contribution in [2.45, 2.75) is 13.3 Å². The molecule has 2 amide bonds. The van der Waals surface area contributed by atoms with Crippen LogP contribution in [0.15, 0.2) is 42.5 Å². The van der Waals surface area contributed by atoms with Crippen LogP contribution in [0.2, 0.25) is 0 Å². The third kappa shape index (κ3) is 6.41. The minimum absolute atomic E-state index is 0.0772. The zero-order valence-corrected chi connectivity index (χ0v) is 19.6. The molecule has 0 radical (unpaired) electrons. The molecule has 1 aliphatic heterocycles. The molecule has 0 atom stereocenters. The monoisotopic (exact) mass is 467 g/mol. The topological polar surface area (TPSA) is 105 Å². The summed E-state index contributed by atoms with van der Waals surface area (Å²) in [5.74, 6) is -1.48. The fraction of sp³-hybridized carbons (Fsp3) is 0.360. The minimum Gasteiger partial charge on any atom is -0.465 e. The standard InChI is InChI=1S/C25H29N3O6/c1-17-6-4-5-7-18(17)15-23(30)28-10-8-27(9-11-28)16-22(29)26-21-13-19(24(31)33-2)12-20(14-21)25(32)34-3/h4-7,12-14H,8-11,15-16H2,1-3H3,(H,26,29). The highest BCUT2D eigenvalue weighted by Gasteiger charge is 2.23. The van der Waals surface area contributed by atoms with Crippen molar-refractivity contribution >= 4 is 29.4 Å². The molecule has 0 saturated carbocycles. The van der Waals surface area contributed by atoms with E-state index in [9.17, 15) is 19.2 Å². The van der Waals surface area contributed by atoms with E-state index in [0.717, 1.165) is 11.1 Å². The Bertz CT molecular complexity index is 1040. The normalized spacial score (nSPS) is 13.8. The van der Waals surface area contributed by atoms with Crippen molar-refractivity contribution in [2.24, 2.45) is 0 Å². The number of rotatable bonds is 7. The van der Waals surface area contributed by atoms with Gasteiger partial charge < -0.3 is 19.7 Å². The average Bonchev–Trinajstić information content (AvgIpc) is 2.84. The quantitative estimate of drug-likeness (QED) is 0.620. The number of carbonyl (C=O) groups is 4. The second-order valence-electron chi connectivity index (χ2n) is 8.09. The van der Waals surface area contributed by atoms with Crippen molar-refractivity contribution in [3.05, 3.63) is 64.7 Å². The molecule has 0 spiro atoms. The molecule has 1 aliphatic rings. The molecule has 1 fully saturated rings. The minimum atomic E-state index is -0.632. The highest BCUT2D eigenvalue weighted by atomic mass is 16.5. The van der Waals surface area contributed by atoms with Crippen molar-refractivity contribution in [3.8, 4) is 0 Å². The maximum absolute atomic E-state index is 12.7. The lowest BCUT2D eigenvalue weighted by atomic mass is 10.1. The molecular formula is C25H29N3O6. The Morgan fingerprint density at radius 3 is 2.03 bits per heavy atom. The number of methoxy groups -OCH3 is 2. The van der Waals surface area contributed by atoms with Gasteiger partial charge in [-0.2, -0.15) is 0 Å². The number of nitrogens with zero attached hydrogens (tertiary/aromatic N) is 2. The van der Waals surface area contributed by atoms with E-state index < -0.39 is 11.9 Å². The van der Waals surface area contributed by atoms with Gasteiger partial charge >= 0.3 is 11.9 Å². The predicted molar refractivity (Wildman–Crippen MR) is 126 cm³/mol. The van der Waals surface area contributed by atoms with Crippen LogP contribution in [0.1, 0.15) is 31.8 Å². The van der Waals surface area contributed by atoms with Crippen LogP contribution in [0.3, 0.4) is 0 Å². The van der Waals surface area contributed by atoms with E-state index in [4.69, 9.17) is 9.47 Å². The summed E-state index contributed by atoms with van der Waals surface area (Å²) < 4.78 is 9.43. The number of amides is 2. The van der Waals surface area contributed by atoms with Gasteiger partial charge in [0.05, 0.1) is 38.3 Å². The van der Waals surface area contributed by atoms with Crippen LogP contribution < -0.4 is 5.32 Å². The predicted octanol–water partition coefficient (Wildman–Crippen LogP) is 1.89. The van der Waals surface area contributed by atoms with E-state index in [-0.39, 0.29) is 29.5 Å². The number of hydrogen-bond acceptors (Lipinski definition) is 7. The van der Waals surface area contributed by atoms with Crippen LogP contribution in [0.5, 0.6) is 0 Å². The number of aryl methyl sites for hydroxylation is 1. The summed E-state index contributed by atoms with van der Waals surface area (Å²) in [6, 6.07) is 12.1. The molecule has 1 N–H and O–H groups in total. The zero-order valence-electron chi connectivity index (χ0n) is 19.6. The molecule has 0 aromatic heterocycles. The number of carbonyl (C=O) groups excluding carboxylic acids is 4. The van der Waals surface area contributed by atoms with Crippen molar-refractivity contribution < 1.29 is 28.7 Å². The molecule has 9 nitrogen and oxygen atoms in total. The second-order valence-corrected chi connectivity index (χ2v) is 8.09. The summed E-state index contributed by atoms with van der Waals surface area (Å²) in [5, 5.41) is 2.72. The van der Waals surface area contributed by atoms with Crippen molar-refractivity contribution in [3.63, 3.8) is 0 Å². The Kier molecular flexibility index (Phi) is 8.37. The Labute approximate surface area is 198 Å². The maximum Gasteiger partial charge on any atom is 0.337 e. The lowest BCUT2D eigenvalue weighted by Gasteiger charge is -2.34. The fourth-order valence-corrected chi connectivity index (χ4v) is 3.81. The first kappa shape index (κ1) is 24.9. The largest absolute Gasteiger partial charge is 0.465 e. The molecule has 0 unspecified atom stereocenters. The van der Waals surface area contributed by atoms with Crippen LogP contribution >= 0.6 is 0 Å². The van der Waals surface area contributed by atoms with Gasteiger partial charge in [-0.1, -0.05) is 24.3 Å². The Balaban J connectivity index is 1.55. The van der Waals surface area contributed by atoms with Gasteiger partial charge in [0.15, 0.2) is 0 Å². The number of hydrogen-bond donors (Lipinski definition) is 1. The molecule has 3 rings (SSSR count). The van der Waals surface area contributed by atoms with E-state index in [2.05, 4.69) is 5.32 Å². The fourth-order valence-electron chi connectivity index (χ4n) is 3.81. The van der Waals surface area contributed by atoms with Crippen LogP contribution in [0.25, 0.3) is 0 Å². The van der Waals surface area contributed by atoms with Crippen LogP contribution in [-0.2, 0) is 25.5 Å². The van der Waals surface area contributed by atoms with Gasteiger partial charge in [-0.3, -0.25) is 14.5 Å². The lowest BCUT2D eigenvalue weighted by molar-refractivity contribution is -0.132. The Morgan fingerprint density at radius 1 is 0.882 bits per heavy atom. The summed E-state index contributed by atoms with van der Waals surface area (Å²) >= 11 is 0. The molecule has 2 aromatic carbocycles. The molecule has 180 valence electrons. The highest BCUT2D eigenvalue weighted by molar-refractivity contribution is 5.99. The maximum atomic E-state index is 12.7. The van der Waals surface area contributed by atoms with E-state index in [0.29, 0.717) is 38.3 Å². The average molecular weight is 468 g/mol. The van der Waals surface area contributed by atoms with Gasteiger partial charge in [0, 0.05) is 31.9 Å². The third-order valence-electron chi connectivity index (χ3n) is 5.75. The Morgan fingerprint density at radius 2 is 1.47 bits per heavy atom. The van der Waals surface area contributed by atoms with Gasteiger partial charge in [-0.25, -0.2) is 9.59 Å². The summed E-state index contributed by atoms with van der Waals surface area (Å²) in [6.07, 6.45) is 0.367. The first-order valence-corrected chi connectivity index (χ1v) is 11.0. The first-order chi connectivity index (χ1) is 16.3. The molecule has 1 saturated heterocycles. The third-order valence-corrected chi connectivity index (χ3v) is 5.75. The number of piperazine rings is 1. The zero-order chi connectivity index (χ0) is 24.7. The van der Waals surface area contributed by atoms with E-state index in [1.54, 1.807) is 0 Å². The van der Waals surface area contributed by atoms with E-state index in [1.165, 1.54) is 32.4 Å². The summed E-state index contributed by atoms with van der Waals surface area (Å²) in [6.45, 7) is 4.35. The smallest absolute Gasteiger partial charge is 0.337 e. The summed E-state index contributed by atoms with van der Waals surface area (Å²) in [5.41, 5.74) is 2.66. The molecule has 0 bridgehead atoms. The molecular weight excluding hydrogens is 438 g/mol. The summed E-state index contributed by atoms with van der Waals surface area (Å²) in [7, 11) is 2.47. The van der Waals surface area contributed by atoms with Gasteiger partial charge in [0.2, 0.25) is 11.8 Å². The highest BCUT2D eigenvalue weighted by Crippen LogP contribution is 2.17.